The third-order valence-electron chi connectivity index (χ3n) is 2.76. The first-order valence-corrected chi connectivity index (χ1v) is 7.05. The maximum absolute atomic E-state index is 12.1. The van der Waals surface area contributed by atoms with E-state index < -0.39 is 0 Å². The van der Waals surface area contributed by atoms with Gasteiger partial charge in [0.05, 0.1) is 28.0 Å². The molecule has 0 aliphatic rings. The minimum Gasteiger partial charge on any atom is -0.494 e. The summed E-state index contributed by atoms with van der Waals surface area (Å²) in [6, 6.07) is 9.76. The minimum absolute atomic E-state index is 0.315. The number of hydrogen-bond donors (Lipinski definition) is 2. The Hall–Kier alpha value is -1.91. The lowest BCUT2D eigenvalue weighted by Crippen LogP contribution is -2.13. The molecule has 0 aromatic heterocycles. The van der Waals surface area contributed by atoms with Crippen LogP contribution in [0.15, 0.2) is 36.4 Å². The van der Waals surface area contributed by atoms with Crippen molar-refractivity contribution in [3.05, 3.63) is 52.0 Å². The lowest BCUT2D eigenvalue weighted by Gasteiger charge is -2.10. The first kappa shape index (κ1) is 15.5. The van der Waals surface area contributed by atoms with Gasteiger partial charge >= 0.3 is 0 Å². The van der Waals surface area contributed by atoms with E-state index in [4.69, 9.17) is 33.7 Å². The number of halogens is 2. The van der Waals surface area contributed by atoms with E-state index in [0.717, 1.165) is 0 Å². The highest BCUT2D eigenvalue weighted by Gasteiger charge is 2.10. The average Bonchev–Trinajstić information content (AvgIpc) is 2.45. The van der Waals surface area contributed by atoms with E-state index in [9.17, 15) is 4.79 Å². The van der Waals surface area contributed by atoms with Crippen LogP contribution in [-0.4, -0.2) is 12.5 Å². The summed E-state index contributed by atoms with van der Waals surface area (Å²) in [6.07, 6.45) is 0. The Balaban J connectivity index is 2.17. The van der Waals surface area contributed by atoms with Gasteiger partial charge in [0.2, 0.25) is 0 Å². The molecule has 0 aliphatic heterocycles. The van der Waals surface area contributed by atoms with Crippen LogP contribution in [0.1, 0.15) is 17.3 Å². The van der Waals surface area contributed by atoms with Crippen molar-refractivity contribution in [3.8, 4) is 5.75 Å². The number of nitrogens with one attached hydrogen (secondary N) is 1. The Morgan fingerprint density at radius 2 is 1.95 bits per heavy atom. The Morgan fingerprint density at radius 3 is 2.57 bits per heavy atom. The molecule has 21 heavy (non-hydrogen) atoms. The van der Waals surface area contributed by atoms with Gasteiger partial charge < -0.3 is 15.8 Å². The number of nitrogen functional groups attached to an aromatic ring is 1. The van der Waals surface area contributed by atoms with E-state index >= 15 is 0 Å². The van der Waals surface area contributed by atoms with Gasteiger partial charge in [0.25, 0.3) is 5.91 Å². The topological polar surface area (TPSA) is 64.3 Å². The predicted octanol–water partition coefficient (Wildman–Crippen LogP) is 4.23. The highest BCUT2D eigenvalue weighted by atomic mass is 35.5. The highest BCUT2D eigenvalue weighted by molar-refractivity contribution is 6.42. The van der Waals surface area contributed by atoms with Crippen molar-refractivity contribution in [1.82, 2.24) is 0 Å². The average molecular weight is 325 g/mol. The molecule has 0 heterocycles. The van der Waals surface area contributed by atoms with Crippen LogP contribution < -0.4 is 15.8 Å². The Bertz CT molecular complexity index is 675. The second kappa shape index (κ2) is 6.70. The number of nitrogens with two attached hydrogens (primary N) is 1. The van der Waals surface area contributed by atoms with Gasteiger partial charge in [0.1, 0.15) is 5.75 Å². The first-order valence-electron chi connectivity index (χ1n) is 6.30. The maximum atomic E-state index is 12.1. The zero-order chi connectivity index (χ0) is 15.4. The van der Waals surface area contributed by atoms with Crippen LogP contribution in [0.2, 0.25) is 10.0 Å². The largest absolute Gasteiger partial charge is 0.494 e. The second-order valence-electron chi connectivity index (χ2n) is 4.27. The molecule has 0 spiro atoms. The van der Waals surface area contributed by atoms with Gasteiger partial charge in [-0.25, -0.2) is 0 Å². The maximum Gasteiger partial charge on any atom is 0.255 e. The van der Waals surface area contributed by atoms with E-state index in [1.807, 2.05) is 6.92 Å². The number of amides is 1. The van der Waals surface area contributed by atoms with Crippen molar-refractivity contribution >= 4 is 40.5 Å². The van der Waals surface area contributed by atoms with Crippen LogP contribution in [0.5, 0.6) is 5.75 Å². The predicted molar refractivity (Wildman–Crippen MR) is 86.4 cm³/mol. The zero-order valence-electron chi connectivity index (χ0n) is 11.3. The molecule has 1 amide bonds. The van der Waals surface area contributed by atoms with Crippen molar-refractivity contribution in [2.75, 3.05) is 17.7 Å². The van der Waals surface area contributed by atoms with Gasteiger partial charge in [0.15, 0.2) is 0 Å². The number of carbonyl (C=O) groups excluding carboxylic acids is 1. The van der Waals surface area contributed by atoms with Gasteiger partial charge in [-0.05, 0) is 37.3 Å². The normalized spacial score (nSPS) is 10.2. The fourth-order valence-electron chi connectivity index (χ4n) is 1.74. The lowest BCUT2D eigenvalue weighted by atomic mass is 10.2. The van der Waals surface area contributed by atoms with Crippen LogP contribution in [0.3, 0.4) is 0 Å². The SMILES string of the molecule is CCOc1ccc(NC(=O)c2ccc(Cl)c(Cl)c2)c(N)c1. The Kier molecular flexibility index (Phi) is 4.94. The van der Waals surface area contributed by atoms with Gasteiger partial charge in [-0.15, -0.1) is 0 Å². The lowest BCUT2D eigenvalue weighted by molar-refractivity contribution is 0.102. The smallest absolute Gasteiger partial charge is 0.255 e. The number of rotatable bonds is 4. The van der Waals surface area contributed by atoms with Gasteiger partial charge in [-0.2, -0.15) is 0 Å². The summed E-state index contributed by atoms with van der Waals surface area (Å²) in [4.78, 5) is 12.1. The monoisotopic (exact) mass is 324 g/mol. The van der Waals surface area contributed by atoms with Crippen LogP contribution in [-0.2, 0) is 0 Å². The minimum atomic E-state index is -0.315. The zero-order valence-corrected chi connectivity index (χ0v) is 12.8. The fraction of sp³-hybridized carbons (Fsp3) is 0.133. The summed E-state index contributed by atoms with van der Waals surface area (Å²) >= 11 is 11.7. The summed E-state index contributed by atoms with van der Waals surface area (Å²) in [6.45, 7) is 2.44. The molecule has 2 aromatic carbocycles. The summed E-state index contributed by atoms with van der Waals surface area (Å²) in [7, 11) is 0. The van der Waals surface area contributed by atoms with Crippen LogP contribution in [0, 0.1) is 0 Å². The van der Waals surface area contributed by atoms with Crippen LogP contribution in [0.4, 0.5) is 11.4 Å². The molecule has 0 unspecified atom stereocenters. The first-order chi connectivity index (χ1) is 10.0. The van der Waals surface area contributed by atoms with Crippen LogP contribution >= 0.6 is 23.2 Å². The summed E-state index contributed by atoms with van der Waals surface area (Å²) in [5.41, 5.74) is 7.22. The van der Waals surface area contributed by atoms with E-state index in [2.05, 4.69) is 5.32 Å². The Morgan fingerprint density at radius 1 is 1.19 bits per heavy atom. The molecular weight excluding hydrogens is 311 g/mol. The van der Waals surface area contributed by atoms with Gasteiger partial charge in [0, 0.05) is 11.6 Å². The Labute approximate surface area is 132 Å². The molecular formula is C15H14Cl2N2O2. The molecule has 2 rings (SSSR count). The number of ether oxygens (including phenoxy) is 1. The van der Waals surface area contributed by atoms with Crippen molar-refractivity contribution in [2.45, 2.75) is 6.92 Å². The number of hydrogen-bond acceptors (Lipinski definition) is 3. The second-order valence-corrected chi connectivity index (χ2v) is 5.08. The molecule has 0 aliphatic carbocycles. The summed E-state index contributed by atoms with van der Waals surface area (Å²) in [5, 5.41) is 3.44. The molecule has 0 radical (unpaired) electrons. The van der Waals surface area contributed by atoms with Crippen molar-refractivity contribution in [3.63, 3.8) is 0 Å². The van der Waals surface area contributed by atoms with E-state index in [1.54, 1.807) is 30.3 Å². The summed E-state index contributed by atoms with van der Waals surface area (Å²) in [5.74, 6) is 0.340. The van der Waals surface area contributed by atoms with E-state index in [0.29, 0.717) is 39.3 Å². The number of anilines is 2. The quantitative estimate of drug-likeness (QED) is 0.827. The van der Waals surface area contributed by atoms with Gasteiger partial charge in [-0.3, -0.25) is 4.79 Å². The standard InChI is InChI=1S/C15H14Cl2N2O2/c1-2-21-10-4-6-14(13(18)8-10)19-15(20)9-3-5-11(16)12(17)7-9/h3-8H,2,18H2,1H3,(H,19,20). The molecule has 6 heteroatoms. The molecule has 4 nitrogen and oxygen atoms in total. The number of carbonyl (C=O) groups is 1. The highest BCUT2D eigenvalue weighted by Crippen LogP contribution is 2.26. The van der Waals surface area contributed by atoms with E-state index in [1.165, 1.54) is 6.07 Å². The third kappa shape index (κ3) is 3.80. The summed E-state index contributed by atoms with van der Waals surface area (Å²) < 4.78 is 5.34. The molecule has 0 saturated heterocycles. The van der Waals surface area contributed by atoms with Crippen molar-refractivity contribution < 1.29 is 9.53 Å². The third-order valence-corrected chi connectivity index (χ3v) is 3.50. The molecule has 0 saturated carbocycles. The van der Waals surface area contributed by atoms with Gasteiger partial charge in [-0.1, -0.05) is 23.2 Å². The van der Waals surface area contributed by atoms with Crippen molar-refractivity contribution in [2.24, 2.45) is 0 Å². The molecule has 2 aromatic rings. The molecule has 110 valence electrons. The molecule has 3 N–H and O–H groups in total. The van der Waals surface area contributed by atoms with Crippen LogP contribution in [0.25, 0.3) is 0 Å². The van der Waals surface area contributed by atoms with E-state index in [-0.39, 0.29) is 5.91 Å². The molecule has 0 bridgehead atoms. The molecule has 0 atom stereocenters. The number of benzene rings is 2. The van der Waals surface area contributed by atoms with Crippen molar-refractivity contribution in [1.29, 1.82) is 0 Å². The fourth-order valence-corrected chi connectivity index (χ4v) is 2.04. The molecule has 0 fully saturated rings.